The molecule has 1 radical (unpaired) electrons. The summed E-state index contributed by atoms with van der Waals surface area (Å²) in [4.78, 5) is 0. The summed E-state index contributed by atoms with van der Waals surface area (Å²) in [6, 6.07) is 12.5. The van der Waals surface area contributed by atoms with E-state index in [-0.39, 0.29) is 5.92 Å². The Hall–Kier alpha value is -1.60. The average molecular weight is 209 g/mol. The molecular weight excluding hydrogens is 196 g/mol. The Morgan fingerprint density at radius 3 is 2.62 bits per heavy atom. The SMILES string of the molecule is [CH2]C(O)C1C=Cc2cccc3cccc1c23. The van der Waals surface area contributed by atoms with Gasteiger partial charge in [0.1, 0.15) is 0 Å². The zero-order chi connectivity index (χ0) is 11.1. The van der Waals surface area contributed by atoms with Crippen molar-refractivity contribution in [3.05, 3.63) is 60.5 Å². The van der Waals surface area contributed by atoms with Crippen LogP contribution in [0, 0.1) is 6.92 Å². The first-order valence-corrected chi connectivity index (χ1v) is 5.48. The first-order valence-electron chi connectivity index (χ1n) is 5.48. The highest BCUT2D eigenvalue weighted by Gasteiger charge is 2.20. The van der Waals surface area contributed by atoms with Gasteiger partial charge < -0.3 is 5.11 Å². The van der Waals surface area contributed by atoms with Crippen molar-refractivity contribution < 1.29 is 5.11 Å². The monoisotopic (exact) mass is 209 g/mol. The summed E-state index contributed by atoms with van der Waals surface area (Å²) >= 11 is 0. The van der Waals surface area contributed by atoms with Crippen LogP contribution in [-0.4, -0.2) is 11.2 Å². The molecule has 0 aliphatic heterocycles. The van der Waals surface area contributed by atoms with Crippen LogP contribution in [0.2, 0.25) is 0 Å². The zero-order valence-electron chi connectivity index (χ0n) is 8.93. The van der Waals surface area contributed by atoms with Gasteiger partial charge in [-0.1, -0.05) is 48.6 Å². The molecule has 0 saturated heterocycles. The highest BCUT2D eigenvalue weighted by Crippen LogP contribution is 2.35. The molecule has 2 atom stereocenters. The van der Waals surface area contributed by atoms with Crippen LogP contribution in [0.4, 0.5) is 0 Å². The molecule has 0 heterocycles. The molecule has 0 bridgehead atoms. The van der Waals surface area contributed by atoms with Crippen molar-refractivity contribution in [2.24, 2.45) is 0 Å². The smallest absolute Gasteiger partial charge is 0.0644 e. The van der Waals surface area contributed by atoms with E-state index >= 15 is 0 Å². The van der Waals surface area contributed by atoms with Gasteiger partial charge in [-0.15, -0.1) is 0 Å². The fraction of sp³-hybridized carbons (Fsp3) is 0.133. The molecule has 2 unspecified atom stereocenters. The lowest BCUT2D eigenvalue weighted by atomic mass is 9.84. The van der Waals surface area contributed by atoms with Crippen LogP contribution in [0.25, 0.3) is 16.8 Å². The molecule has 0 amide bonds. The molecule has 0 saturated carbocycles. The van der Waals surface area contributed by atoms with Crippen LogP contribution in [0.15, 0.2) is 42.5 Å². The number of aliphatic hydroxyl groups excluding tert-OH is 1. The summed E-state index contributed by atoms with van der Waals surface area (Å²) in [5.74, 6) is 0.0126. The average Bonchev–Trinajstić information content (AvgIpc) is 2.30. The second-order valence-electron chi connectivity index (χ2n) is 4.24. The van der Waals surface area contributed by atoms with Crippen LogP contribution in [0.5, 0.6) is 0 Å². The maximum absolute atomic E-state index is 9.69. The molecule has 0 aromatic heterocycles. The standard InChI is InChI=1S/C15H13O/c1-10(16)13-9-8-12-5-2-4-11-6-3-7-14(13)15(11)12/h2-10,13,16H,1H2. The first-order chi connectivity index (χ1) is 7.77. The van der Waals surface area contributed by atoms with Crippen LogP contribution < -0.4 is 0 Å². The predicted molar refractivity (Wildman–Crippen MR) is 67.1 cm³/mol. The van der Waals surface area contributed by atoms with Crippen LogP contribution >= 0.6 is 0 Å². The maximum Gasteiger partial charge on any atom is 0.0644 e. The molecule has 1 nitrogen and oxygen atoms in total. The van der Waals surface area contributed by atoms with E-state index in [1.165, 1.54) is 21.9 Å². The Morgan fingerprint density at radius 2 is 1.88 bits per heavy atom. The van der Waals surface area contributed by atoms with Crippen LogP contribution in [0.3, 0.4) is 0 Å². The molecule has 2 aromatic rings. The molecule has 2 aromatic carbocycles. The third-order valence-electron chi connectivity index (χ3n) is 3.23. The molecular formula is C15H13O. The lowest BCUT2D eigenvalue weighted by molar-refractivity contribution is 0.205. The minimum absolute atomic E-state index is 0.0126. The van der Waals surface area contributed by atoms with E-state index in [1.807, 2.05) is 12.1 Å². The van der Waals surface area contributed by atoms with Gasteiger partial charge in [0.15, 0.2) is 0 Å². The molecule has 1 N–H and O–H groups in total. The molecule has 1 heteroatoms. The number of rotatable bonds is 1. The minimum Gasteiger partial charge on any atom is -0.392 e. The van der Waals surface area contributed by atoms with E-state index < -0.39 is 6.10 Å². The zero-order valence-corrected chi connectivity index (χ0v) is 8.93. The number of hydrogen-bond acceptors (Lipinski definition) is 1. The Labute approximate surface area is 95.0 Å². The maximum atomic E-state index is 9.69. The number of aliphatic hydroxyl groups is 1. The lowest BCUT2D eigenvalue weighted by Crippen LogP contribution is -2.15. The molecule has 79 valence electrons. The van der Waals surface area contributed by atoms with Gasteiger partial charge in [-0.25, -0.2) is 0 Å². The van der Waals surface area contributed by atoms with Gasteiger partial charge >= 0.3 is 0 Å². The first kappa shape index (κ1) is 9.61. The normalized spacial score (nSPS) is 20.0. The third kappa shape index (κ3) is 1.29. The molecule has 0 fully saturated rings. The van der Waals surface area contributed by atoms with Gasteiger partial charge in [0.05, 0.1) is 6.10 Å². The molecule has 0 spiro atoms. The molecule has 1 aliphatic rings. The van der Waals surface area contributed by atoms with Gasteiger partial charge in [-0.2, -0.15) is 0 Å². The fourth-order valence-electron chi connectivity index (χ4n) is 2.46. The molecule has 1 aliphatic carbocycles. The summed E-state index contributed by atoms with van der Waals surface area (Å²) < 4.78 is 0. The minimum atomic E-state index is -0.588. The van der Waals surface area contributed by atoms with E-state index in [0.717, 1.165) is 0 Å². The molecule has 3 rings (SSSR count). The van der Waals surface area contributed by atoms with Crippen molar-refractivity contribution in [3.63, 3.8) is 0 Å². The molecule has 16 heavy (non-hydrogen) atoms. The Kier molecular flexibility index (Phi) is 2.08. The predicted octanol–water partition coefficient (Wildman–Crippen LogP) is 3.15. The largest absolute Gasteiger partial charge is 0.392 e. The van der Waals surface area contributed by atoms with E-state index in [2.05, 4.69) is 43.3 Å². The highest BCUT2D eigenvalue weighted by atomic mass is 16.3. The van der Waals surface area contributed by atoms with Crippen molar-refractivity contribution >= 4 is 16.8 Å². The summed E-state index contributed by atoms with van der Waals surface area (Å²) in [7, 11) is 0. The van der Waals surface area contributed by atoms with Crippen molar-refractivity contribution in [1.29, 1.82) is 0 Å². The van der Waals surface area contributed by atoms with Crippen molar-refractivity contribution in [1.82, 2.24) is 0 Å². The second kappa shape index (κ2) is 3.46. The number of benzene rings is 2. The van der Waals surface area contributed by atoms with Crippen LogP contribution in [0.1, 0.15) is 17.0 Å². The fourth-order valence-corrected chi connectivity index (χ4v) is 2.46. The number of hydrogen-bond donors (Lipinski definition) is 1. The summed E-state index contributed by atoms with van der Waals surface area (Å²) in [5.41, 5.74) is 2.41. The quantitative estimate of drug-likeness (QED) is 0.765. The van der Waals surface area contributed by atoms with Crippen molar-refractivity contribution in [2.45, 2.75) is 12.0 Å². The van der Waals surface area contributed by atoms with Gasteiger partial charge in [-0.3, -0.25) is 0 Å². The van der Waals surface area contributed by atoms with Gasteiger partial charge in [0.2, 0.25) is 0 Å². The van der Waals surface area contributed by atoms with Crippen LogP contribution in [-0.2, 0) is 0 Å². The Morgan fingerprint density at radius 1 is 1.12 bits per heavy atom. The Balaban J connectivity index is 2.36. The summed E-state index contributed by atoms with van der Waals surface area (Å²) in [6.45, 7) is 3.73. The third-order valence-corrected chi connectivity index (χ3v) is 3.23. The second-order valence-corrected chi connectivity index (χ2v) is 4.24. The van der Waals surface area contributed by atoms with E-state index in [4.69, 9.17) is 0 Å². The topological polar surface area (TPSA) is 20.2 Å². The van der Waals surface area contributed by atoms with Gasteiger partial charge in [0.25, 0.3) is 0 Å². The Bertz CT molecular complexity index is 561. The van der Waals surface area contributed by atoms with Crippen molar-refractivity contribution in [2.75, 3.05) is 0 Å². The lowest BCUT2D eigenvalue weighted by Gasteiger charge is -2.23. The van der Waals surface area contributed by atoms with E-state index in [0.29, 0.717) is 0 Å². The van der Waals surface area contributed by atoms with E-state index in [9.17, 15) is 5.11 Å². The summed E-state index contributed by atoms with van der Waals surface area (Å²) in [6.07, 6.45) is 3.53. The van der Waals surface area contributed by atoms with E-state index in [1.54, 1.807) is 0 Å². The highest BCUT2D eigenvalue weighted by molar-refractivity contribution is 5.95. The van der Waals surface area contributed by atoms with Gasteiger partial charge in [0, 0.05) is 5.92 Å². The summed E-state index contributed by atoms with van der Waals surface area (Å²) in [5, 5.41) is 12.2. The van der Waals surface area contributed by atoms with Gasteiger partial charge in [-0.05, 0) is 28.8 Å². The van der Waals surface area contributed by atoms with Crippen molar-refractivity contribution in [3.8, 4) is 0 Å².